The van der Waals surface area contributed by atoms with Crippen LogP contribution in [0, 0.1) is 11.8 Å². The molecular formula is C24H31N3O6S. The number of aliphatic carboxylic acids is 1. The first kappa shape index (κ1) is 24.6. The molecular weight excluding hydrogens is 458 g/mol. The Morgan fingerprint density at radius 1 is 1.32 bits per heavy atom. The first-order valence-corrected chi connectivity index (χ1v) is 12.3. The van der Waals surface area contributed by atoms with Gasteiger partial charge in [0.05, 0.1) is 31.2 Å². The van der Waals surface area contributed by atoms with Crippen molar-refractivity contribution in [2.24, 2.45) is 11.8 Å². The lowest BCUT2D eigenvalue weighted by Crippen LogP contribution is -2.63. The molecule has 0 aliphatic carbocycles. The third-order valence-corrected chi connectivity index (χ3v) is 8.46. The van der Waals surface area contributed by atoms with Gasteiger partial charge in [-0.1, -0.05) is 19.1 Å². The summed E-state index contributed by atoms with van der Waals surface area (Å²) in [7, 11) is 3.38. The summed E-state index contributed by atoms with van der Waals surface area (Å²) in [5.74, 6) is -1.48. The lowest BCUT2D eigenvalue weighted by atomic mass is 9.79. The highest BCUT2D eigenvalue weighted by molar-refractivity contribution is 8.03. The fourth-order valence-corrected chi connectivity index (χ4v) is 6.67. The molecule has 1 aromatic carbocycles. The zero-order valence-corrected chi connectivity index (χ0v) is 20.5. The van der Waals surface area contributed by atoms with E-state index in [9.17, 15) is 24.6 Å². The average Bonchev–Trinajstić information content (AvgIpc) is 3.35. The number of nitrogens with one attached hydrogen (secondary N) is 1. The van der Waals surface area contributed by atoms with E-state index in [1.54, 1.807) is 26.0 Å². The number of carboxylic acid groups (broad SMARTS) is 1. The number of thioether (sulfide) groups is 1. The molecule has 3 N–H and O–H groups in total. The maximum Gasteiger partial charge on any atom is 0.353 e. The van der Waals surface area contributed by atoms with E-state index in [-0.39, 0.29) is 40.8 Å². The standard InChI is InChI=1S/C24H31N3O6S/c1-12-19-18(13(2)28)23(30)27(19)20(24(31)32)21(12)34-16-9-17(25-10-16)22(29)26(3)11-14-5-7-15(33-4)8-6-14/h5-8,12-13,16-19,25,28H,9-11H2,1-4H3,(H,31,32). The molecule has 184 valence electrons. The number of benzene rings is 1. The van der Waals surface area contributed by atoms with Crippen molar-refractivity contribution in [3.05, 3.63) is 40.4 Å². The second kappa shape index (κ2) is 9.59. The number of aliphatic hydroxyl groups is 1. The highest BCUT2D eigenvalue weighted by Gasteiger charge is 2.60. The van der Waals surface area contributed by atoms with E-state index < -0.39 is 18.0 Å². The Morgan fingerprint density at radius 3 is 2.59 bits per heavy atom. The molecule has 0 bridgehead atoms. The summed E-state index contributed by atoms with van der Waals surface area (Å²) in [6.07, 6.45) is -0.259. The van der Waals surface area contributed by atoms with Gasteiger partial charge in [-0.2, -0.15) is 0 Å². The van der Waals surface area contributed by atoms with Crippen LogP contribution in [0.25, 0.3) is 0 Å². The molecule has 1 aromatic rings. The smallest absolute Gasteiger partial charge is 0.353 e. The maximum atomic E-state index is 13.0. The second-order valence-electron chi connectivity index (χ2n) is 9.25. The molecule has 0 radical (unpaired) electrons. The zero-order chi connectivity index (χ0) is 24.7. The molecule has 3 heterocycles. The lowest BCUT2D eigenvalue weighted by Gasteiger charge is -2.46. The van der Waals surface area contributed by atoms with Gasteiger partial charge >= 0.3 is 5.97 Å². The summed E-state index contributed by atoms with van der Waals surface area (Å²) in [5, 5.41) is 23.1. The van der Waals surface area contributed by atoms with Crippen molar-refractivity contribution in [1.29, 1.82) is 0 Å². The molecule has 6 atom stereocenters. The van der Waals surface area contributed by atoms with Crippen LogP contribution in [0.4, 0.5) is 0 Å². The van der Waals surface area contributed by atoms with Crippen LogP contribution >= 0.6 is 11.8 Å². The molecule has 3 aliphatic heterocycles. The van der Waals surface area contributed by atoms with E-state index in [4.69, 9.17) is 4.74 Å². The summed E-state index contributed by atoms with van der Waals surface area (Å²) < 4.78 is 5.17. The predicted octanol–water partition coefficient (Wildman–Crippen LogP) is 1.27. The summed E-state index contributed by atoms with van der Waals surface area (Å²) in [6.45, 7) is 4.52. The van der Waals surface area contributed by atoms with Crippen molar-refractivity contribution < 1.29 is 29.3 Å². The number of aliphatic hydroxyl groups excluding tert-OH is 1. The molecule has 9 nitrogen and oxygen atoms in total. The Kier molecular flexibility index (Phi) is 6.93. The number of hydrogen-bond acceptors (Lipinski definition) is 7. The Hall–Kier alpha value is -2.56. The number of nitrogens with zero attached hydrogens (tertiary/aromatic N) is 2. The van der Waals surface area contributed by atoms with Gasteiger partial charge in [0, 0.05) is 36.2 Å². The highest BCUT2D eigenvalue weighted by Crippen LogP contribution is 2.51. The van der Waals surface area contributed by atoms with E-state index in [0.29, 0.717) is 24.4 Å². The number of carbonyl (C=O) groups is 3. The van der Waals surface area contributed by atoms with Crippen LogP contribution in [0.3, 0.4) is 0 Å². The minimum atomic E-state index is -1.13. The van der Waals surface area contributed by atoms with Gasteiger partial charge < -0.3 is 30.1 Å². The van der Waals surface area contributed by atoms with E-state index >= 15 is 0 Å². The zero-order valence-electron chi connectivity index (χ0n) is 19.7. The van der Waals surface area contributed by atoms with Crippen molar-refractivity contribution in [2.75, 3.05) is 20.7 Å². The van der Waals surface area contributed by atoms with Crippen LogP contribution in [0.5, 0.6) is 5.75 Å². The van der Waals surface area contributed by atoms with Gasteiger partial charge in [0.2, 0.25) is 11.8 Å². The second-order valence-corrected chi connectivity index (χ2v) is 10.6. The third-order valence-electron chi connectivity index (χ3n) is 6.95. The van der Waals surface area contributed by atoms with E-state index in [1.807, 2.05) is 31.2 Å². The number of ether oxygens (including phenoxy) is 1. The quantitative estimate of drug-likeness (QED) is 0.467. The Labute approximate surface area is 203 Å². The predicted molar refractivity (Wildman–Crippen MR) is 127 cm³/mol. The first-order chi connectivity index (χ1) is 16.1. The molecule has 0 saturated carbocycles. The fourth-order valence-electron chi connectivity index (χ4n) is 5.19. The normalized spacial score (nSPS) is 29.0. The average molecular weight is 490 g/mol. The number of amides is 2. The van der Waals surface area contributed by atoms with Gasteiger partial charge in [-0.15, -0.1) is 11.8 Å². The number of carbonyl (C=O) groups excluding carboxylic acids is 2. The van der Waals surface area contributed by atoms with Crippen molar-refractivity contribution in [3.8, 4) is 5.75 Å². The van der Waals surface area contributed by atoms with Crippen LogP contribution in [-0.4, -0.2) is 81.9 Å². The Morgan fingerprint density at radius 2 is 2.00 bits per heavy atom. The number of β-lactam (4-membered cyclic amide) rings is 1. The molecule has 3 aliphatic rings. The van der Waals surface area contributed by atoms with Gasteiger partial charge in [-0.25, -0.2) is 4.79 Å². The van der Waals surface area contributed by atoms with Gasteiger partial charge in [0.15, 0.2) is 0 Å². The van der Waals surface area contributed by atoms with Crippen LogP contribution in [0.2, 0.25) is 0 Å². The SMILES string of the molecule is COc1ccc(CN(C)C(=O)C2CC(SC3=C(C(=O)O)N4C(=O)C(C(C)O)C4C3C)CN2)cc1. The maximum absolute atomic E-state index is 13.0. The molecule has 0 aromatic heterocycles. The number of methoxy groups -OCH3 is 1. The van der Waals surface area contributed by atoms with Crippen LogP contribution in [-0.2, 0) is 20.9 Å². The van der Waals surface area contributed by atoms with E-state index in [2.05, 4.69) is 5.32 Å². The van der Waals surface area contributed by atoms with Crippen LogP contribution in [0.15, 0.2) is 34.9 Å². The minimum absolute atomic E-state index is 0.00828. The van der Waals surface area contributed by atoms with Crippen molar-refractivity contribution >= 4 is 29.5 Å². The summed E-state index contributed by atoms with van der Waals surface area (Å²) in [4.78, 5) is 41.2. The molecule has 2 saturated heterocycles. The monoisotopic (exact) mass is 489 g/mol. The number of carboxylic acids is 1. The van der Waals surface area contributed by atoms with Gasteiger partial charge in [-0.3, -0.25) is 9.59 Å². The molecule has 4 rings (SSSR count). The van der Waals surface area contributed by atoms with Crippen LogP contribution in [0.1, 0.15) is 25.8 Å². The molecule has 10 heteroatoms. The number of hydrogen-bond donors (Lipinski definition) is 3. The van der Waals surface area contributed by atoms with Crippen molar-refractivity contribution in [3.63, 3.8) is 0 Å². The molecule has 0 spiro atoms. The number of fused-ring (bicyclic) bond motifs is 1. The summed E-state index contributed by atoms with van der Waals surface area (Å²) in [6, 6.07) is 6.90. The van der Waals surface area contributed by atoms with E-state index in [1.165, 1.54) is 16.7 Å². The molecule has 2 fully saturated rings. The number of rotatable bonds is 8. The van der Waals surface area contributed by atoms with E-state index in [0.717, 1.165) is 11.3 Å². The topological polar surface area (TPSA) is 119 Å². The fraction of sp³-hybridized carbons (Fsp3) is 0.542. The van der Waals surface area contributed by atoms with Crippen molar-refractivity contribution in [1.82, 2.24) is 15.1 Å². The lowest BCUT2D eigenvalue weighted by molar-refractivity contribution is -0.163. The summed E-state index contributed by atoms with van der Waals surface area (Å²) in [5.41, 5.74) is 1.02. The Balaban J connectivity index is 1.40. The van der Waals surface area contributed by atoms with Crippen molar-refractivity contribution in [2.45, 2.75) is 50.3 Å². The summed E-state index contributed by atoms with van der Waals surface area (Å²) >= 11 is 1.44. The molecule has 34 heavy (non-hydrogen) atoms. The first-order valence-electron chi connectivity index (χ1n) is 11.4. The minimum Gasteiger partial charge on any atom is -0.497 e. The Bertz CT molecular complexity index is 1010. The molecule has 6 unspecified atom stereocenters. The van der Waals surface area contributed by atoms with Crippen LogP contribution < -0.4 is 10.1 Å². The largest absolute Gasteiger partial charge is 0.497 e. The molecule has 2 amide bonds. The number of likely N-dealkylation sites (N-methyl/N-ethyl adjacent to an activating group) is 1. The highest BCUT2D eigenvalue weighted by atomic mass is 32.2. The van der Waals surface area contributed by atoms with Gasteiger partial charge in [0.1, 0.15) is 11.4 Å². The third kappa shape index (κ3) is 4.30. The van der Waals surface area contributed by atoms with Gasteiger partial charge in [0.25, 0.3) is 0 Å². The van der Waals surface area contributed by atoms with Gasteiger partial charge in [-0.05, 0) is 31.0 Å².